The molecule has 1 saturated heterocycles. The van der Waals surface area contributed by atoms with Crippen LogP contribution in [-0.4, -0.2) is 24.4 Å². The van der Waals surface area contributed by atoms with Crippen molar-refractivity contribution in [3.63, 3.8) is 0 Å². The fourth-order valence-corrected chi connectivity index (χ4v) is 3.40. The number of halogens is 2. The zero-order chi connectivity index (χ0) is 17.2. The molecule has 6 heteroatoms. The molecule has 1 saturated carbocycles. The van der Waals surface area contributed by atoms with Gasteiger partial charge in [-0.2, -0.15) is 0 Å². The molecule has 2 aromatic rings. The van der Waals surface area contributed by atoms with Crippen LogP contribution in [0.5, 0.6) is 0 Å². The van der Waals surface area contributed by atoms with Crippen LogP contribution in [0, 0.1) is 11.6 Å². The van der Waals surface area contributed by atoms with E-state index in [4.69, 9.17) is 9.26 Å². The van der Waals surface area contributed by atoms with Crippen molar-refractivity contribution in [1.29, 1.82) is 0 Å². The van der Waals surface area contributed by atoms with E-state index < -0.39 is 11.6 Å². The summed E-state index contributed by atoms with van der Waals surface area (Å²) in [7, 11) is 0. The summed E-state index contributed by atoms with van der Waals surface area (Å²) in [5.41, 5.74) is 0.812. The van der Waals surface area contributed by atoms with Gasteiger partial charge in [-0.3, -0.25) is 0 Å². The second-order valence-corrected chi connectivity index (χ2v) is 6.86. The molecule has 1 aliphatic carbocycles. The average molecular weight is 348 g/mol. The van der Waals surface area contributed by atoms with E-state index in [-0.39, 0.29) is 24.0 Å². The van der Waals surface area contributed by atoms with Crippen LogP contribution in [0.15, 0.2) is 22.7 Å². The Bertz CT molecular complexity index is 715. The number of benzene rings is 1. The van der Waals surface area contributed by atoms with Crippen LogP contribution >= 0.6 is 0 Å². The molecular formula is C19H22F2N2O2. The Balaban J connectivity index is 1.62. The fraction of sp³-hybridized carbons (Fsp3) is 0.526. The van der Waals surface area contributed by atoms with E-state index in [0.29, 0.717) is 11.5 Å². The van der Waals surface area contributed by atoms with Gasteiger partial charge in [0.1, 0.15) is 23.1 Å². The molecule has 2 fully saturated rings. The monoisotopic (exact) mass is 348 g/mol. The van der Waals surface area contributed by atoms with Gasteiger partial charge in [-0.15, -0.1) is 0 Å². The number of nitrogens with one attached hydrogen (secondary N) is 1. The fourth-order valence-electron chi connectivity index (χ4n) is 3.40. The van der Waals surface area contributed by atoms with Gasteiger partial charge >= 0.3 is 0 Å². The SMILES string of the molecule is Fc1cccc(F)c1-c1noc(C2CC2)c1COC1CCCNCC1. The van der Waals surface area contributed by atoms with Crippen LogP contribution in [0.4, 0.5) is 8.78 Å². The van der Waals surface area contributed by atoms with Crippen molar-refractivity contribution in [3.05, 3.63) is 41.2 Å². The number of aromatic nitrogens is 1. The summed E-state index contributed by atoms with van der Waals surface area (Å²) in [6.07, 6.45) is 5.19. The highest BCUT2D eigenvalue weighted by Crippen LogP contribution is 2.44. The van der Waals surface area contributed by atoms with Gasteiger partial charge in [0, 0.05) is 11.5 Å². The van der Waals surface area contributed by atoms with Crippen molar-refractivity contribution in [2.75, 3.05) is 13.1 Å². The lowest BCUT2D eigenvalue weighted by atomic mass is 10.0. The Morgan fingerprint density at radius 2 is 1.92 bits per heavy atom. The highest BCUT2D eigenvalue weighted by Gasteiger charge is 2.34. The minimum Gasteiger partial charge on any atom is -0.373 e. The predicted octanol–water partition coefficient (Wildman–Crippen LogP) is 4.16. The summed E-state index contributed by atoms with van der Waals surface area (Å²) >= 11 is 0. The zero-order valence-corrected chi connectivity index (χ0v) is 14.1. The first-order valence-electron chi connectivity index (χ1n) is 8.99. The van der Waals surface area contributed by atoms with Crippen molar-refractivity contribution in [2.24, 2.45) is 0 Å². The standard InChI is InChI=1S/C19H22F2N2O2/c20-15-4-1-5-16(21)17(15)18-14(19(25-23-18)12-6-7-12)11-24-13-3-2-9-22-10-8-13/h1,4-5,12-13,22H,2-3,6-11H2. The van der Waals surface area contributed by atoms with E-state index in [1.54, 1.807) is 0 Å². The van der Waals surface area contributed by atoms with Crippen LogP contribution in [0.2, 0.25) is 0 Å². The summed E-state index contributed by atoms with van der Waals surface area (Å²) in [5.74, 6) is -0.235. The molecule has 0 bridgehead atoms. The summed E-state index contributed by atoms with van der Waals surface area (Å²) in [4.78, 5) is 0. The Hall–Kier alpha value is -1.79. The highest BCUT2D eigenvalue weighted by atomic mass is 19.1. The van der Waals surface area contributed by atoms with Crippen LogP contribution < -0.4 is 5.32 Å². The van der Waals surface area contributed by atoms with E-state index in [2.05, 4.69) is 10.5 Å². The third-order valence-corrected chi connectivity index (χ3v) is 4.95. The molecule has 25 heavy (non-hydrogen) atoms. The molecule has 4 nitrogen and oxygen atoms in total. The number of hydrogen-bond acceptors (Lipinski definition) is 4. The van der Waals surface area contributed by atoms with Gasteiger partial charge in [0.25, 0.3) is 0 Å². The minimum absolute atomic E-state index is 0.126. The maximum atomic E-state index is 14.2. The summed E-state index contributed by atoms with van der Waals surface area (Å²) in [5, 5.41) is 7.36. The van der Waals surface area contributed by atoms with Crippen LogP contribution in [-0.2, 0) is 11.3 Å². The van der Waals surface area contributed by atoms with Crippen molar-refractivity contribution in [3.8, 4) is 11.3 Å². The molecule has 1 unspecified atom stereocenters. The van der Waals surface area contributed by atoms with E-state index in [1.807, 2.05) is 0 Å². The molecule has 0 spiro atoms. The first kappa shape index (κ1) is 16.7. The molecule has 1 N–H and O–H groups in total. The number of nitrogens with zero attached hydrogens (tertiary/aromatic N) is 1. The van der Waals surface area contributed by atoms with Crippen LogP contribution in [0.25, 0.3) is 11.3 Å². The topological polar surface area (TPSA) is 47.3 Å². The maximum absolute atomic E-state index is 14.2. The molecule has 1 aliphatic heterocycles. The average Bonchev–Trinajstić information content (AvgIpc) is 3.40. The van der Waals surface area contributed by atoms with Gasteiger partial charge in [0.05, 0.1) is 18.3 Å². The Labute approximate surface area is 145 Å². The molecule has 1 atom stereocenters. The van der Waals surface area contributed by atoms with E-state index in [0.717, 1.165) is 51.0 Å². The zero-order valence-electron chi connectivity index (χ0n) is 14.1. The van der Waals surface area contributed by atoms with Crippen molar-refractivity contribution >= 4 is 0 Å². The first-order valence-corrected chi connectivity index (χ1v) is 8.99. The largest absolute Gasteiger partial charge is 0.373 e. The predicted molar refractivity (Wildman–Crippen MR) is 89.1 cm³/mol. The molecule has 1 aromatic heterocycles. The number of hydrogen-bond donors (Lipinski definition) is 1. The van der Waals surface area contributed by atoms with Gasteiger partial charge in [-0.05, 0) is 57.3 Å². The van der Waals surface area contributed by atoms with Gasteiger partial charge in [-0.1, -0.05) is 11.2 Å². The highest BCUT2D eigenvalue weighted by molar-refractivity contribution is 5.65. The quantitative estimate of drug-likeness (QED) is 0.881. The molecule has 2 heterocycles. The normalized spacial score (nSPS) is 21.3. The second kappa shape index (κ2) is 7.22. The van der Waals surface area contributed by atoms with Crippen LogP contribution in [0.3, 0.4) is 0 Å². The van der Waals surface area contributed by atoms with Gasteiger partial charge in [-0.25, -0.2) is 8.78 Å². The minimum atomic E-state index is -0.629. The Morgan fingerprint density at radius 3 is 2.68 bits per heavy atom. The van der Waals surface area contributed by atoms with Gasteiger partial charge in [0.15, 0.2) is 0 Å². The molecule has 134 valence electrons. The lowest BCUT2D eigenvalue weighted by Crippen LogP contribution is -2.17. The van der Waals surface area contributed by atoms with Crippen molar-refractivity contribution in [1.82, 2.24) is 10.5 Å². The molecule has 0 radical (unpaired) electrons. The molecule has 1 aromatic carbocycles. The van der Waals surface area contributed by atoms with Crippen molar-refractivity contribution in [2.45, 2.75) is 50.7 Å². The van der Waals surface area contributed by atoms with Gasteiger partial charge < -0.3 is 14.6 Å². The van der Waals surface area contributed by atoms with Gasteiger partial charge in [0.2, 0.25) is 0 Å². The van der Waals surface area contributed by atoms with E-state index >= 15 is 0 Å². The molecular weight excluding hydrogens is 326 g/mol. The summed E-state index contributed by atoms with van der Waals surface area (Å²) in [6, 6.07) is 3.84. The molecule has 2 aliphatic rings. The molecule has 0 amide bonds. The lowest BCUT2D eigenvalue weighted by Gasteiger charge is -2.15. The third-order valence-electron chi connectivity index (χ3n) is 4.95. The number of ether oxygens (including phenoxy) is 1. The Kier molecular flexibility index (Phi) is 4.81. The third kappa shape index (κ3) is 3.60. The summed E-state index contributed by atoms with van der Waals surface area (Å²) < 4.78 is 40.0. The number of rotatable bonds is 5. The molecule has 4 rings (SSSR count). The smallest absolute Gasteiger partial charge is 0.145 e. The van der Waals surface area contributed by atoms with E-state index in [1.165, 1.54) is 18.2 Å². The second-order valence-electron chi connectivity index (χ2n) is 6.86. The van der Waals surface area contributed by atoms with Crippen LogP contribution in [0.1, 0.15) is 49.3 Å². The van der Waals surface area contributed by atoms with E-state index in [9.17, 15) is 8.78 Å². The summed E-state index contributed by atoms with van der Waals surface area (Å²) in [6.45, 7) is 2.22. The Morgan fingerprint density at radius 1 is 1.12 bits per heavy atom. The first-order chi connectivity index (χ1) is 12.2. The maximum Gasteiger partial charge on any atom is 0.145 e. The lowest BCUT2D eigenvalue weighted by molar-refractivity contribution is 0.0325. The van der Waals surface area contributed by atoms with Crippen molar-refractivity contribution < 1.29 is 18.0 Å².